The molecule has 0 radical (unpaired) electrons. The minimum atomic E-state index is -0.0932. The molecule has 26 heavy (non-hydrogen) atoms. The molecule has 1 aromatic rings. The summed E-state index contributed by atoms with van der Waals surface area (Å²) in [5.41, 5.74) is 9.69. The Kier molecular flexibility index (Phi) is 7.33. The number of nitrogens with one attached hydrogen (secondary N) is 2. The number of hydrogen-bond donors (Lipinski definition) is 2. The quantitative estimate of drug-likeness (QED) is 0.617. The monoisotopic (exact) mass is 361 g/mol. The van der Waals surface area contributed by atoms with Crippen molar-refractivity contribution < 1.29 is 9.53 Å². The molecule has 1 heterocycles. The van der Waals surface area contributed by atoms with Crippen molar-refractivity contribution in [3.8, 4) is 0 Å². The predicted octanol–water partition coefficient (Wildman–Crippen LogP) is 4.83. The highest BCUT2D eigenvalue weighted by atomic mass is 16.5. The molecule has 1 aliphatic heterocycles. The van der Waals surface area contributed by atoms with Gasteiger partial charge in [-0.25, -0.2) is 0 Å². The van der Waals surface area contributed by atoms with E-state index in [0.29, 0.717) is 25.4 Å². The Hall–Kier alpha value is -1.75. The number of benzene rings is 1. The van der Waals surface area contributed by atoms with Crippen LogP contribution in [-0.4, -0.2) is 18.1 Å². The molecule has 0 bridgehead atoms. The summed E-state index contributed by atoms with van der Waals surface area (Å²) in [7, 11) is 0. The van der Waals surface area contributed by atoms with Gasteiger partial charge in [0.2, 0.25) is 0 Å². The van der Waals surface area contributed by atoms with Gasteiger partial charge in [-0.3, -0.25) is 9.80 Å². The molecule has 5 nitrogen and oxygen atoms in total. The maximum Gasteiger partial charge on any atom is 0.306 e. The summed E-state index contributed by atoms with van der Waals surface area (Å²) in [6.07, 6.45) is 5.75. The summed E-state index contributed by atoms with van der Waals surface area (Å²) in [5, 5.41) is 2.11. The average Bonchev–Trinajstić information content (AvgIpc) is 3.03. The Morgan fingerprint density at radius 1 is 1.27 bits per heavy atom. The van der Waals surface area contributed by atoms with E-state index >= 15 is 0 Å². The third-order valence-electron chi connectivity index (χ3n) is 4.92. The van der Waals surface area contributed by atoms with Gasteiger partial charge in [0, 0.05) is 12.0 Å². The number of unbranched alkanes of at least 4 members (excludes halogenated alkanes) is 1. The van der Waals surface area contributed by atoms with Crippen molar-refractivity contribution in [3.63, 3.8) is 0 Å². The number of ether oxygens (including phenoxy) is 1. The minimum absolute atomic E-state index is 0.0382. The zero-order valence-electron chi connectivity index (χ0n) is 17.0. The standard InChI is InChI=1S/C21H35N3O2/c1-6-8-9-16(7-2)15-26-20(25)13-11-17-10-12-18-19(14-17)24(23-22-18)21(3,4)5/h10,12,14,16,22-23H,6-9,11,13,15H2,1-5H3. The fraction of sp³-hybridized carbons (Fsp3) is 0.667. The summed E-state index contributed by atoms with van der Waals surface area (Å²) < 4.78 is 5.51. The van der Waals surface area contributed by atoms with Gasteiger partial charge in [-0.15, -0.1) is 5.53 Å². The molecule has 0 saturated heterocycles. The van der Waals surface area contributed by atoms with Crippen LogP contribution in [0.1, 0.15) is 72.3 Å². The van der Waals surface area contributed by atoms with Crippen molar-refractivity contribution in [2.45, 2.75) is 78.7 Å². The molecule has 0 saturated carbocycles. The van der Waals surface area contributed by atoms with E-state index in [-0.39, 0.29) is 11.5 Å². The molecule has 1 aromatic carbocycles. The second-order valence-corrected chi connectivity index (χ2v) is 8.19. The molecular formula is C21H35N3O2. The van der Waals surface area contributed by atoms with Gasteiger partial charge in [0.25, 0.3) is 0 Å². The second-order valence-electron chi connectivity index (χ2n) is 8.19. The molecule has 0 fully saturated rings. The van der Waals surface area contributed by atoms with Crippen molar-refractivity contribution >= 4 is 17.3 Å². The number of aryl methyl sites for hydroxylation is 1. The Balaban J connectivity index is 1.85. The first-order valence-corrected chi connectivity index (χ1v) is 9.95. The molecule has 1 aliphatic rings. The lowest BCUT2D eigenvalue weighted by atomic mass is 10.0. The summed E-state index contributed by atoms with van der Waals surface area (Å²) in [5.74, 6) is 0.403. The molecule has 0 spiro atoms. The Bertz CT molecular complexity index is 595. The smallest absolute Gasteiger partial charge is 0.306 e. The molecule has 0 aliphatic carbocycles. The van der Waals surface area contributed by atoms with Crippen LogP contribution in [-0.2, 0) is 16.0 Å². The van der Waals surface area contributed by atoms with Gasteiger partial charge in [0.1, 0.15) is 0 Å². The van der Waals surface area contributed by atoms with Crippen molar-refractivity contribution in [2.75, 3.05) is 17.0 Å². The molecule has 2 N–H and O–H groups in total. The van der Waals surface area contributed by atoms with E-state index in [2.05, 4.69) is 68.8 Å². The first kappa shape index (κ1) is 20.6. The average molecular weight is 362 g/mol. The normalized spacial score (nSPS) is 14.7. The van der Waals surface area contributed by atoms with Gasteiger partial charge in [-0.2, -0.15) is 0 Å². The van der Waals surface area contributed by atoms with Gasteiger partial charge in [0.05, 0.1) is 18.0 Å². The predicted molar refractivity (Wildman–Crippen MR) is 108 cm³/mol. The van der Waals surface area contributed by atoms with Gasteiger partial charge in [0.15, 0.2) is 0 Å². The lowest BCUT2D eigenvalue weighted by Crippen LogP contribution is -2.49. The Morgan fingerprint density at radius 3 is 2.69 bits per heavy atom. The summed E-state index contributed by atoms with van der Waals surface area (Å²) >= 11 is 0. The van der Waals surface area contributed by atoms with Crippen LogP contribution in [0.25, 0.3) is 0 Å². The maximum atomic E-state index is 12.1. The largest absolute Gasteiger partial charge is 0.465 e. The highest BCUT2D eigenvalue weighted by Crippen LogP contribution is 2.34. The SMILES string of the molecule is CCCCC(CC)COC(=O)CCc1ccc2c(c1)N(C(C)(C)C)NN2. The van der Waals surface area contributed by atoms with Crippen molar-refractivity contribution in [2.24, 2.45) is 5.92 Å². The van der Waals surface area contributed by atoms with Crippen LogP contribution in [0.15, 0.2) is 18.2 Å². The van der Waals surface area contributed by atoms with Gasteiger partial charge in [-0.05, 0) is 57.2 Å². The molecule has 0 aromatic heterocycles. The first-order valence-electron chi connectivity index (χ1n) is 9.95. The number of hydrazine groups is 2. The zero-order valence-corrected chi connectivity index (χ0v) is 17.0. The van der Waals surface area contributed by atoms with E-state index in [1.807, 2.05) is 0 Å². The van der Waals surface area contributed by atoms with E-state index in [1.54, 1.807) is 0 Å². The zero-order chi connectivity index (χ0) is 19.2. The minimum Gasteiger partial charge on any atom is -0.465 e. The number of fused-ring (bicyclic) bond motifs is 1. The van der Waals surface area contributed by atoms with Crippen LogP contribution in [0.2, 0.25) is 0 Å². The number of anilines is 2. The third kappa shape index (κ3) is 5.63. The van der Waals surface area contributed by atoms with Crippen LogP contribution in [0.3, 0.4) is 0 Å². The van der Waals surface area contributed by atoms with E-state index in [1.165, 1.54) is 12.8 Å². The maximum absolute atomic E-state index is 12.1. The highest BCUT2D eigenvalue weighted by molar-refractivity contribution is 5.75. The number of carbonyl (C=O) groups is 1. The van der Waals surface area contributed by atoms with Crippen molar-refractivity contribution in [1.29, 1.82) is 0 Å². The van der Waals surface area contributed by atoms with Crippen LogP contribution in [0, 0.1) is 5.92 Å². The fourth-order valence-electron chi connectivity index (χ4n) is 3.16. The van der Waals surface area contributed by atoms with Crippen molar-refractivity contribution in [1.82, 2.24) is 5.53 Å². The number of carbonyl (C=O) groups excluding carboxylic acids is 1. The van der Waals surface area contributed by atoms with E-state index < -0.39 is 0 Å². The fourth-order valence-corrected chi connectivity index (χ4v) is 3.16. The van der Waals surface area contributed by atoms with Crippen LogP contribution in [0.4, 0.5) is 11.4 Å². The van der Waals surface area contributed by atoms with Crippen LogP contribution < -0.4 is 16.0 Å². The van der Waals surface area contributed by atoms with E-state index in [9.17, 15) is 4.79 Å². The molecule has 0 amide bonds. The lowest BCUT2D eigenvalue weighted by Gasteiger charge is -2.32. The molecule has 146 valence electrons. The van der Waals surface area contributed by atoms with Gasteiger partial charge in [-0.1, -0.05) is 39.2 Å². The summed E-state index contributed by atoms with van der Waals surface area (Å²) in [6, 6.07) is 6.28. The van der Waals surface area contributed by atoms with E-state index in [4.69, 9.17) is 4.74 Å². The highest BCUT2D eigenvalue weighted by Gasteiger charge is 2.28. The molecule has 1 atom stereocenters. The molecule has 2 rings (SSSR count). The number of hydrogen-bond acceptors (Lipinski definition) is 5. The molecule has 1 unspecified atom stereocenters. The van der Waals surface area contributed by atoms with Gasteiger partial charge < -0.3 is 10.2 Å². The topological polar surface area (TPSA) is 53.6 Å². The lowest BCUT2D eigenvalue weighted by molar-refractivity contribution is -0.145. The van der Waals surface area contributed by atoms with Gasteiger partial charge >= 0.3 is 5.97 Å². The summed E-state index contributed by atoms with van der Waals surface area (Å²) in [4.78, 5) is 12.1. The van der Waals surface area contributed by atoms with Crippen LogP contribution >= 0.6 is 0 Å². The first-order chi connectivity index (χ1) is 12.3. The molecule has 5 heteroatoms. The van der Waals surface area contributed by atoms with Crippen molar-refractivity contribution in [3.05, 3.63) is 23.8 Å². The van der Waals surface area contributed by atoms with Crippen LogP contribution in [0.5, 0.6) is 0 Å². The molecular weight excluding hydrogens is 326 g/mol. The second kappa shape index (κ2) is 9.26. The Morgan fingerprint density at radius 2 is 2.04 bits per heavy atom. The number of esters is 1. The Labute approximate surface area is 158 Å². The third-order valence-corrected chi connectivity index (χ3v) is 4.92. The van der Waals surface area contributed by atoms with E-state index in [0.717, 1.165) is 29.8 Å². The summed E-state index contributed by atoms with van der Waals surface area (Å²) in [6.45, 7) is 11.4. The number of rotatable bonds is 9. The number of nitrogens with zero attached hydrogens (tertiary/aromatic N) is 1.